The van der Waals surface area contributed by atoms with Crippen LogP contribution >= 0.6 is 0 Å². The molecule has 0 aromatic heterocycles. The number of anilines is 1. The zero-order valence-electron chi connectivity index (χ0n) is 24.4. The number of nitrogens with one attached hydrogen (secondary N) is 1. The van der Waals surface area contributed by atoms with Gasteiger partial charge in [0.2, 0.25) is 5.91 Å². The number of hydrogen-bond donors (Lipinski definition) is 1. The summed E-state index contributed by atoms with van der Waals surface area (Å²) in [6, 6.07) is 12.1. The Bertz CT molecular complexity index is 1540. The maximum atomic E-state index is 14.6. The number of methoxy groups -OCH3 is 2. The zero-order chi connectivity index (χ0) is 28.4. The smallest absolute Gasteiger partial charge is 0.227 e. The molecule has 1 N–H and O–H groups in total. The average Bonchev–Trinajstić information content (AvgIpc) is 3.95. The number of carbonyl (C=O) groups excluding carboxylic acids is 2. The summed E-state index contributed by atoms with van der Waals surface area (Å²) in [5, 5.41) is 3.00. The van der Waals surface area contributed by atoms with Crippen molar-refractivity contribution in [1.82, 2.24) is 4.90 Å². The van der Waals surface area contributed by atoms with E-state index in [1.807, 2.05) is 24.3 Å². The third-order valence-electron chi connectivity index (χ3n) is 12.0. The molecule has 1 saturated heterocycles. The van der Waals surface area contributed by atoms with Crippen molar-refractivity contribution in [3.8, 4) is 11.5 Å². The van der Waals surface area contributed by atoms with Gasteiger partial charge < -0.3 is 19.5 Å². The van der Waals surface area contributed by atoms with Crippen LogP contribution in [-0.2, 0) is 21.4 Å². The van der Waals surface area contributed by atoms with Crippen molar-refractivity contribution in [1.29, 1.82) is 0 Å². The van der Waals surface area contributed by atoms with Crippen molar-refractivity contribution in [3.05, 3.63) is 65.2 Å². The van der Waals surface area contributed by atoms with Gasteiger partial charge in [-0.25, -0.2) is 0 Å². The minimum Gasteiger partial charge on any atom is -0.493 e. The average molecular weight is 567 g/mol. The molecule has 7 nitrogen and oxygen atoms in total. The predicted molar refractivity (Wildman–Crippen MR) is 157 cm³/mol. The largest absolute Gasteiger partial charge is 0.493 e. The SMILES string of the molecule is COc1ccc2c3c1O[C@H]1[C@@]4(OC)C=C[C@@]5(C[C@@H]4C(=O)c4ccc(NC(=O)C6CC6)cc4)[C@@H](C2)N(CC2CC2)CC[C@]315. The first-order chi connectivity index (χ1) is 20.4. The van der Waals surface area contributed by atoms with Crippen LogP contribution in [0.2, 0.25) is 0 Å². The highest BCUT2D eigenvalue weighted by Gasteiger charge is 2.80. The molecule has 3 saturated carbocycles. The summed E-state index contributed by atoms with van der Waals surface area (Å²) in [6.07, 6.45) is 11.6. The highest BCUT2D eigenvalue weighted by atomic mass is 16.6. The molecule has 4 fully saturated rings. The second kappa shape index (κ2) is 8.48. The summed E-state index contributed by atoms with van der Waals surface area (Å²) in [7, 11) is 3.45. The molecule has 42 heavy (non-hydrogen) atoms. The predicted octanol–water partition coefficient (Wildman–Crippen LogP) is 4.93. The molecular formula is C35H38N2O5. The fourth-order valence-electron chi connectivity index (χ4n) is 9.73. The van der Waals surface area contributed by atoms with E-state index in [2.05, 4.69) is 34.5 Å². The molecule has 2 spiro atoms. The molecule has 8 aliphatic rings. The molecule has 6 atom stereocenters. The first-order valence-electron chi connectivity index (χ1n) is 15.8. The Morgan fingerprint density at radius 3 is 2.57 bits per heavy atom. The van der Waals surface area contributed by atoms with Crippen LogP contribution in [0.3, 0.4) is 0 Å². The normalized spacial score (nSPS) is 36.8. The van der Waals surface area contributed by atoms with Crippen LogP contribution in [0.15, 0.2) is 48.6 Å². The summed E-state index contributed by atoms with van der Waals surface area (Å²) in [6.45, 7) is 2.18. The van der Waals surface area contributed by atoms with Gasteiger partial charge in [0.15, 0.2) is 17.3 Å². The Labute approximate surface area is 246 Å². The van der Waals surface area contributed by atoms with Gasteiger partial charge in [-0.15, -0.1) is 0 Å². The fraction of sp³-hybridized carbons (Fsp3) is 0.543. The van der Waals surface area contributed by atoms with Gasteiger partial charge in [-0.05, 0) is 93.3 Å². The van der Waals surface area contributed by atoms with Crippen LogP contribution in [0, 0.1) is 23.2 Å². The molecule has 2 aliphatic heterocycles. The lowest BCUT2D eigenvalue weighted by atomic mass is 9.36. The minimum atomic E-state index is -0.889. The Kier molecular flexibility index (Phi) is 5.12. The molecule has 7 heteroatoms. The second-order valence-corrected chi connectivity index (χ2v) is 13.9. The first-order valence-corrected chi connectivity index (χ1v) is 15.8. The molecule has 2 aromatic rings. The van der Waals surface area contributed by atoms with E-state index in [4.69, 9.17) is 14.2 Å². The number of rotatable bonds is 8. The van der Waals surface area contributed by atoms with Gasteiger partial charge in [-0.3, -0.25) is 14.5 Å². The van der Waals surface area contributed by atoms with E-state index in [9.17, 15) is 9.59 Å². The maximum Gasteiger partial charge on any atom is 0.227 e. The molecule has 2 aromatic carbocycles. The van der Waals surface area contributed by atoms with Crippen LogP contribution in [0.1, 0.15) is 60.0 Å². The quantitative estimate of drug-likeness (QED) is 0.361. The summed E-state index contributed by atoms with van der Waals surface area (Å²) in [5.41, 5.74) is 2.68. The number of hydrogen-bond acceptors (Lipinski definition) is 6. The van der Waals surface area contributed by atoms with Crippen LogP contribution in [0.25, 0.3) is 0 Å². The molecule has 6 aliphatic carbocycles. The van der Waals surface area contributed by atoms with E-state index in [1.54, 1.807) is 14.2 Å². The monoisotopic (exact) mass is 566 g/mol. The lowest BCUT2D eigenvalue weighted by Crippen LogP contribution is -2.79. The standard InChI is InChI=1S/C35H38N2O5/c1-40-26-12-9-23-17-27-33-13-14-35(41-2,32-34(33,28(23)30(26)42-32)15-16-37(27)19-20-3-4-20)25(18-33)29(38)21-7-10-24(11-8-21)36-31(39)22-5-6-22/h7-14,20,22,25,27,32H,3-6,15-19H2,1-2H3,(H,36,39)/t25-,27-,32-,33-,34+,35-/m1/s1. The lowest BCUT2D eigenvalue weighted by Gasteiger charge is -2.71. The van der Waals surface area contributed by atoms with Gasteiger partial charge in [0.05, 0.1) is 18.4 Å². The van der Waals surface area contributed by atoms with E-state index in [-0.39, 0.29) is 40.5 Å². The summed E-state index contributed by atoms with van der Waals surface area (Å²) in [4.78, 5) is 29.6. The van der Waals surface area contributed by atoms with Crippen LogP contribution in [-0.4, -0.2) is 61.6 Å². The number of ether oxygens (including phenoxy) is 3. The molecule has 4 bridgehead atoms. The number of amides is 1. The molecular weight excluding hydrogens is 528 g/mol. The maximum absolute atomic E-state index is 14.6. The van der Waals surface area contributed by atoms with Crippen molar-refractivity contribution in [2.24, 2.45) is 23.2 Å². The Hall–Kier alpha value is -3.16. The van der Waals surface area contributed by atoms with Crippen molar-refractivity contribution in [2.45, 2.75) is 68.1 Å². The summed E-state index contributed by atoms with van der Waals surface area (Å²) in [5.74, 6) is 2.32. The van der Waals surface area contributed by atoms with Gasteiger partial charge in [0, 0.05) is 47.8 Å². The van der Waals surface area contributed by atoms with Gasteiger partial charge in [-0.2, -0.15) is 0 Å². The lowest BCUT2D eigenvalue weighted by molar-refractivity contribution is -0.206. The van der Waals surface area contributed by atoms with Crippen molar-refractivity contribution < 1.29 is 23.8 Å². The van der Waals surface area contributed by atoms with Crippen LogP contribution < -0.4 is 14.8 Å². The molecule has 0 radical (unpaired) electrons. The highest BCUT2D eigenvalue weighted by Crippen LogP contribution is 2.75. The number of piperidine rings is 1. The number of nitrogens with zero attached hydrogens (tertiary/aromatic N) is 1. The van der Waals surface area contributed by atoms with Crippen molar-refractivity contribution >= 4 is 17.4 Å². The van der Waals surface area contributed by atoms with Gasteiger partial charge in [0.1, 0.15) is 11.7 Å². The van der Waals surface area contributed by atoms with Gasteiger partial charge in [-0.1, -0.05) is 18.2 Å². The number of benzene rings is 2. The third-order valence-corrected chi connectivity index (χ3v) is 12.0. The van der Waals surface area contributed by atoms with Gasteiger partial charge in [0.25, 0.3) is 0 Å². The van der Waals surface area contributed by atoms with Crippen LogP contribution in [0.4, 0.5) is 5.69 Å². The number of ketones is 1. The minimum absolute atomic E-state index is 0.0684. The third kappa shape index (κ3) is 3.09. The van der Waals surface area contributed by atoms with E-state index >= 15 is 0 Å². The number of likely N-dealkylation sites (tertiary alicyclic amines) is 1. The Morgan fingerprint density at radius 1 is 1.05 bits per heavy atom. The molecule has 2 heterocycles. The highest BCUT2D eigenvalue weighted by molar-refractivity contribution is 6.00. The Morgan fingerprint density at radius 2 is 1.86 bits per heavy atom. The topological polar surface area (TPSA) is 77.1 Å². The molecule has 0 unspecified atom stereocenters. The number of fused-ring (bicyclic) bond motifs is 1. The second-order valence-electron chi connectivity index (χ2n) is 13.9. The van der Waals surface area contributed by atoms with Crippen molar-refractivity contribution in [3.63, 3.8) is 0 Å². The fourth-order valence-corrected chi connectivity index (χ4v) is 9.73. The summed E-state index contributed by atoms with van der Waals surface area (Å²) < 4.78 is 19.4. The van der Waals surface area contributed by atoms with E-state index in [0.29, 0.717) is 11.6 Å². The van der Waals surface area contributed by atoms with E-state index < -0.39 is 5.60 Å². The molecule has 218 valence electrons. The van der Waals surface area contributed by atoms with Gasteiger partial charge >= 0.3 is 0 Å². The first kappa shape index (κ1) is 25.3. The Balaban J connectivity index is 1.15. The van der Waals surface area contributed by atoms with E-state index in [0.717, 1.165) is 68.3 Å². The number of carbonyl (C=O) groups is 2. The van der Waals surface area contributed by atoms with E-state index in [1.165, 1.54) is 24.0 Å². The summed E-state index contributed by atoms with van der Waals surface area (Å²) >= 11 is 0. The molecule has 1 amide bonds. The zero-order valence-corrected chi connectivity index (χ0v) is 24.4. The number of Topliss-reactive ketones (excluding diaryl/α,β-unsaturated/α-hetero) is 1. The van der Waals surface area contributed by atoms with Crippen LogP contribution in [0.5, 0.6) is 11.5 Å². The molecule has 10 rings (SSSR count). The van der Waals surface area contributed by atoms with Crippen molar-refractivity contribution in [2.75, 3.05) is 32.6 Å².